The summed E-state index contributed by atoms with van der Waals surface area (Å²) in [7, 11) is -6.84. The predicted octanol–water partition coefficient (Wildman–Crippen LogP) is 7.70. The smallest absolute Gasteiger partial charge is 0.281 e. The summed E-state index contributed by atoms with van der Waals surface area (Å²) in [4.78, 5) is 21.2. The van der Waals surface area contributed by atoms with Crippen molar-refractivity contribution in [3.63, 3.8) is 0 Å². The molecule has 0 aliphatic carbocycles. The third kappa shape index (κ3) is 7.43. The van der Waals surface area contributed by atoms with Gasteiger partial charge < -0.3 is 28.6 Å². The highest BCUT2D eigenvalue weighted by atomic mass is 28.4. The minimum absolute atomic E-state index is 0.0189. The van der Waals surface area contributed by atoms with Crippen LogP contribution in [0.15, 0.2) is 30.6 Å². The molecule has 13 nitrogen and oxygen atoms in total. The van der Waals surface area contributed by atoms with E-state index < -0.39 is 49.5 Å². The number of aromatic nitrogens is 7. The zero-order chi connectivity index (χ0) is 37.2. The lowest BCUT2D eigenvalue weighted by molar-refractivity contribution is -0.0470. The average molecular weight is 743 g/mol. The zero-order valence-corrected chi connectivity index (χ0v) is 35.7. The molecule has 0 amide bonds. The summed E-state index contributed by atoms with van der Waals surface area (Å²) in [6.07, 6.45) is -0.264. The number of para-hydroxylation sites is 1. The molecule has 0 radical (unpaired) electrons. The van der Waals surface area contributed by atoms with E-state index in [-0.39, 0.29) is 26.9 Å². The Kier molecular flexibility index (Phi) is 10.0. The fourth-order valence-electron chi connectivity index (χ4n) is 5.03. The summed E-state index contributed by atoms with van der Waals surface area (Å²) < 4.78 is 30.4. The van der Waals surface area contributed by atoms with Crippen molar-refractivity contribution in [2.24, 2.45) is 0 Å². The minimum Gasteiger partial charge on any atom is -0.414 e. The molecule has 1 fully saturated rings. The first kappa shape index (κ1) is 38.5. The Balaban J connectivity index is 1.62. The van der Waals surface area contributed by atoms with Gasteiger partial charge in [-0.2, -0.15) is 9.97 Å². The summed E-state index contributed by atoms with van der Waals surface area (Å²) in [5.41, 5.74) is 8.52. The van der Waals surface area contributed by atoms with Gasteiger partial charge in [-0.1, -0.05) is 79.3 Å². The molecule has 0 unspecified atom stereocenters. The first-order valence-corrected chi connectivity index (χ1v) is 26.2. The van der Waals surface area contributed by atoms with Gasteiger partial charge in [0.2, 0.25) is 5.95 Å². The van der Waals surface area contributed by atoms with Crippen LogP contribution in [0.2, 0.25) is 54.4 Å². The highest BCUT2D eigenvalue weighted by molar-refractivity contribution is 6.75. The van der Waals surface area contributed by atoms with E-state index in [4.69, 9.17) is 33.6 Å². The number of hydrogen-bond donors (Lipinski definition) is 1. The third-order valence-electron chi connectivity index (χ3n) is 11.3. The number of anilines is 1. The molecule has 2 N–H and O–H groups in total. The molecule has 4 aromatic rings. The van der Waals surface area contributed by atoms with Crippen LogP contribution in [0.4, 0.5) is 5.95 Å². The lowest BCUT2D eigenvalue weighted by Crippen LogP contribution is -2.54. The fourth-order valence-corrected chi connectivity index (χ4v) is 8.65. The number of benzene rings is 1. The van der Waals surface area contributed by atoms with Crippen LogP contribution in [0.5, 0.6) is 5.88 Å². The van der Waals surface area contributed by atoms with E-state index in [0.29, 0.717) is 28.8 Å². The van der Waals surface area contributed by atoms with Gasteiger partial charge in [0, 0.05) is 0 Å². The molecule has 0 saturated carbocycles. The van der Waals surface area contributed by atoms with Crippen LogP contribution in [-0.2, 0) is 18.0 Å². The molecule has 1 aliphatic rings. The van der Waals surface area contributed by atoms with Crippen molar-refractivity contribution >= 4 is 53.1 Å². The lowest BCUT2D eigenvalue weighted by atomic mass is 10.1. The van der Waals surface area contributed by atoms with Crippen LogP contribution in [0.1, 0.15) is 68.5 Å². The number of nitrogen functional groups attached to an aromatic ring is 1. The molecule has 50 heavy (non-hydrogen) atoms. The third-order valence-corrected chi connectivity index (χ3v) is 24.8. The first-order valence-electron chi connectivity index (χ1n) is 17.5. The summed E-state index contributed by atoms with van der Waals surface area (Å²) >= 11 is 0. The monoisotopic (exact) mass is 742 g/mol. The molecule has 3 aromatic heterocycles. The maximum atomic E-state index is 7.33. The normalized spacial score (nSPS) is 21.4. The maximum absolute atomic E-state index is 7.33. The summed E-state index contributed by atoms with van der Waals surface area (Å²) in [6, 6.07) is 7.49. The zero-order valence-electron chi connectivity index (χ0n) is 32.7. The Morgan fingerprint density at radius 2 is 1.38 bits per heavy atom. The Hall–Kier alpha value is -2.74. The van der Waals surface area contributed by atoms with Gasteiger partial charge in [-0.25, -0.2) is 4.98 Å². The van der Waals surface area contributed by atoms with Crippen LogP contribution < -0.4 is 10.6 Å². The van der Waals surface area contributed by atoms with Gasteiger partial charge in [0.05, 0.1) is 12.9 Å². The van der Waals surface area contributed by atoms with Crippen LogP contribution in [0.3, 0.4) is 0 Å². The Labute approximate surface area is 299 Å². The van der Waals surface area contributed by atoms with E-state index in [1.807, 2.05) is 28.8 Å². The lowest BCUT2D eigenvalue weighted by Gasteiger charge is -2.44. The molecule has 5 rings (SSSR count). The van der Waals surface area contributed by atoms with Gasteiger partial charge in [-0.15, -0.1) is 5.10 Å². The van der Waals surface area contributed by atoms with Crippen molar-refractivity contribution in [3.8, 4) is 5.88 Å². The molecular weight excluding hydrogens is 685 g/mol. The number of hydrogen-bond acceptors (Lipinski definition) is 11. The highest BCUT2D eigenvalue weighted by Gasteiger charge is 2.55. The van der Waals surface area contributed by atoms with E-state index in [9.17, 15) is 0 Å². The van der Waals surface area contributed by atoms with E-state index in [2.05, 4.69) is 122 Å². The standard InChI is InChI=1S/C34H58N8O5Si3/c1-32(2,3)48(10,11)43-20-24-26(46-49(12,13)33(4,5)6)27(47-50(14,15)34(7,8)9)30(44-24)41-21-36-25-28(41)37-31(35)38-29(25)45-42-23-19-17-16-18-22(23)39-40-42/h16-19,21,24,26-27,30H,20H2,1-15H3,(H2,35,37,38)/t24-,26-,27-,30-/m1/s1. The van der Waals surface area contributed by atoms with Crippen molar-refractivity contribution in [1.29, 1.82) is 0 Å². The van der Waals surface area contributed by atoms with Gasteiger partial charge in [-0.05, 0) is 71.7 Å². The van der Waals surface area contributed by atoms with E-state index in [1.165, 1.54) is 4.85 Å². The van der Waals surface area contributed by atoms with Crippen molar-refractivity contribution in [1.82, 2.24) is 34.7 Å². The number of nitrogens with two attached hydrogens (primary N) is 1. The molecule has 0 spiro atoms. The second-order valence-corrected chi connectivity index (χ2v) is 32.4. The largest absolute Gasteiger partial charge is 0.414 e. The average Bonchev–Trinajstić information content (AvgIpc) is 3.66. The van der Waals surface area contributed by atoms with E-state index in [0.717, 1.165) is 0 Å². The van der Waals surface area contributed by atoms with Crippen molar-refractivity contribution in [3.05, 3.63) is 30.6 Å². The van der Waals surface area contributed by atoms with Crippen LogP contribution >= 0.6 is 0 Å². The summed E-state index contributed by atoms with van der Waals surface area (Å²) in [6.45, 7) is 34.2. The Morgan fingerprint density at radius 1 is 0.800 bits per heavy atom. The van der Waals surface area contributed by atoms with Crippen LogP contribution in [0, 0.1) is 0 Å². The molecule has 16 heteroatoms. The molecule has 1 saturated heterocycles. The quantitative estimate of drug-likeness (QED) is 0.160. The second-order valence-electron chi connectivity index (χ2n) is 18.1. The number of ether oxygens (including phenoxy) is 1. The van der Waals surface area contributed by atoms with Gasteiger partial charge in [-0.3, -0.25) is 4.57 Å². The van der Waals surface area contributed by atoms with Crippen molar-refractivity contribution in [2.45, 2.75) is 141 Å². The van der Waals surface area contributed by atoms with Crippen LogP contribution in [0.25, 0.3) is 22.2 Å². The molecular formula is C34H58N8O5Si3. The van der Waals surface area contributed by atoms with E-state index in [1.54, 1.807) is 6.33 Å². The molecule has 1 aromatic carbocycles. The maximum Gasteiger partial charge on any atom is 0.281 e. The minimum atomic E-state index is -2.38. The Morgan fingerprint density at radius 3 is 1.98 bits per heavy atom. The van der Waals surface area contributed by atoms with E-state index >= 15 is 0 Å². The molecule has 4 atom stereocenters. The van der Waals surface area contributed by atoms with Gasteiger partial charge in [0.25, 0.3) is 5.88 Å². The van der Waals surface area contributed by atoms with Gasteiger partial charge in [0.1, 0.15) is 29.3 Å². The first-order chi connectivity index (χ1) is 22.8. The predicted molar refractivity (Wildman–Crippen MR) is 204 cm³/mol. The molecule has 1 aliphatic heterocycles. The van der Waals surface area contributed by atoms with Crippen molar-refractivity contribution < 1.29 is 22.9 Å². The highest BCUT2D eigenvalue weighted by Crippen LogP contribution is 2.47. The van der Waals surface area contributed by atoms with Gasteiger partial charge in [0.15, 0.2) is 42.3 Å². The van der Waals surface area contributed by atoms with Crippen LogP contribution in [-0.4, -0.2) is 84.5 Å². The van der Waals surface area contributed by atoms with Gasteiger partial charge >= 0.3 is 0 Å². The summed E-state index contributed by atoms with van der Waals surface area (Å²) in [5.74, 6) is 0.166. The summed E-state index contributed by atoms with van der Waals surface area (Å²) in [5, 5.41) is 8.27. The number of rotatable bonds is 10. The number of nitrogens with zero attached hydrogens (tertiary/aromatic N) is 7. The SMILES string of the molecule is CC(C)(C)[Si](C)(C)OC[C@H]1O[C@@H](n2cnc3c(On4nnc5ccccc54)nc(N)nc32)[C@H](O[Si](C)(C)C(C)(C)C)[C@@H]1O[Si](C)(C)C(C)(C)C. The molecule has 0 bridgehead atoms. The molecule has 276 valence electrons. The fraction of sp³-hybridized carbons (Fsp3) is 0.676. The second kappa shape index (κ2) is 13.0. The number of fused-ring (bicyclic) bond motifs is 2. The Bertz CT molecular complexity index is 1820. The molecule has 4 heterocycles. The van der Waals surface area contributed by atoms with Crippen molar-refractivity contribution in [2.75, 3.05) is 12.3 Å². The number of imidazole rings is 1. The topological polar surface area (TPSA) is 146 Å².